The lowest BCUT2D eigenvalue weighted by Gasteiger charge is -2.13. The van der Waals surface area contributed by atoms with E-state index in [1.165, 1.54) is 24.5 Å². The van der Waals surface area contributed by atoms with Gasteiger partial charge in [-0.3, -0.25) is 0 Å². The standard InChI is InChI=1S/C28H25FN6O2/c1-35(2)16-23-24-26(34-25(23)18-7-4-3-5-8-18)30-17-31-27(24)37-22-13-11-20(12-14-22)32-28(36)33-21-10-6-9-19(29)15-21/h3-15,17H,16H2,1-2H3,(H,30,31,34)(H2,32,33,36). The van der Waals surface area contributed by atoms with Crippen LogP contribution < -0.4 is 15.4 Å². The molecule has 0 fully saturated rings. The highest BCUT2D eigenvalue weighted by Crippen LogP contribution is 2.36. The van der Waals surface area contributed by atoms with E-state index in [2.05, 4.69) is 30.5 Å². The number of nitrogens with zero attached hydrogens (tertiary/aromatic N) is 3. The number of H-pyrrole nitrogens is 1. The smallest absolute Gasteiger partial charge is 0.323 e. The number of hydrogen-bond donors (Lipinski definition) is 3. The van der Waals surface area contributed by atoms with Gasteiger partial charge in [0.15, 0.2) is 0 Å². The molecule has 0 radical (unpaired) electrons. The molecule has 0 spiro atoms. The Morgan fingerprint density at radius 2 is 1.70 bits per heavy atom. The maximum absolute atomic E-state index is 13.3. The Balaban J connectivity index is 1.38. The van der Waals surface area contributed by atoms with Crippen LogP contribution in [0.15, 0.2) is 85.2 Å². The Morgan fingerprint density at radius 1 is 0.946 bits per heavy atom. The van der Waals surface area contributed by atoms with Gasteiger partial charge in [0.25, 0.3) is 0 Å². The Labute approximate surface area is 213 Å². The molecule has 9 heteroatoms. The first-order chi connectivity index (χ1) is 18.0. The lowest BCUT2D eigenvalue weighted by molar-refractivity contribution is 0.262. The summed E-state index contributed by atoms with van der Waals surface area (Å²) in [5, 5.41) is 6.13. The molecule has 0 aliphatic rings. The number of halogens is 1. The summed E-state index contributed by atoms with van der Waals surface area (Å²) in [4.78, 5) is 26.6. The van der Waals surface area contributed by atoms with Gasteiger partial charge in [0.2, 0.25) is 5.88 Å². The molecular weight excluding hydrogens is 471 g/mol. The van der Waals surface area contributed by atoms with Crippen LogP contribution in [-0.4, -0.2) is 40.0 Å². The average molecular weight is 497 g/mol. The minimum Gasteiger partial charge on any atom is -0.438 e. The lowest BCUT2D eigenvalue weighted by atomic mass is 10.1. The van der Waals surface area contributed by atoms with E-state index in [0.717, 1.165) is 22.2 Å². The molecule has 2 heterocycles. The number of hydrogen-bond acceptors (Lipinski definition) is 5. The monoisotopic (exact) mass is 496 g/mol. The third kappa shape index (κ3) is 5.57. The average Bonchev–Trinajstić information content (AvgIpc) is 3.24. The SMILES string of the molecule is CN(C)Cc1c(-c2ccccc2)[nH]c2ncnc(Oc3ccc(NC(=O)Nc4cccc(F)c4)cc3)c12. The second kappa shape index (κ2) is 10.5. The van der Waals surface area contributed by atoms with Crippen LogP contribution in [0.1, 0.15) is 5.56 Å². The van der Waals surface area contributed by atoms with Crippen molar-refractivity contribution in [1.29, 1.82) is 0 Å². The van der Waals surface area contributed by atoms with Gasteiger partial charge >= 0.3 is 6.03 Å². The van der Waals surface area contributed by atoms with Crippen LogP contribution in [0.5, 0.6) is 11.6 Å². The summed E-state index contributed by atoms with van der Waals surface area (Å²) in [7, 11) is 4.02. The molecule has 5 aromatic rings. The van der Waals surface area contributed by atoms with Crippen molar-refractivity contribution in [3.05, 3.63) is 96.6 Å². The van der Waals surface area contributed by atoms with Crippen molar-refractivity contribution in [3.63, 3.8) is 0 Å². The number of carbonyl (C=O) groups is 1. The number of aromatic amines is 1. The maximum atomic E-state index is 13.3. The normalized spacial score (nSPS) is 11.0. The number of nitrogens with one attached hydrogen (secondary N) is 3. The van der Waals surface area contributed by atoms with E-state index >= 15 is 0 Å². The zero-order valence-corrected chi connectivity index (χ0v) is 20.3. The Kier molecular flexibility index (Phi) is 6.78. The molecule has 2 aromatic heterocycles. The number of amides is 2. The third-order valence-electron chi connectivity index (χ3n) is 5.61. The molecule has 0 unspecified atom stereocenters. The number of benzene rings is 3. The topological polar surface area (TPSA) is 95.2 Å². The van der Waals surface area contributed by atoms with Crippen LogP contribution >= 0.6 is 0 Å². The van der Waals surface area contributed by atoms with E-state index < -0.39 is 11.8 Å². The molecular formula is C28H25FN6O2. The fourth-order valence-electron chi connectivity index (χ4n) is 4.04. The number of rotatable bonds is 7. The fraction of sp³-hybridized carbons (Fsp3) is 0.107. The van der Waals surface area contributed by atoms with Gasteiger partial charge in [0.1, 0.15) is 23.5 Å². The number of carbonyl (C=O) groups excluding carboxylic acids is 1. The molecule has 0 atom stereocenters. The quantitative estimate of drug-likeness (QED) is 0.247. The van der Waals surface area contributed by atoms with Gasteiger partial charge < -0.3 is 25.3 Å². The Hall–Kier alpha value is -4.76. The molecule has 37 heavy (non-hydrogen) atoms. The number of urea groups is 1. The van der Waals surface area contributed by atoms with E-state index in [0.29, 0.717) is 35.2 Å². The first-order valence-electron chi connectivity index (χ1n) is 11.6. The molecule has 3 N–H and O–H groups in total. The predicted octanol–water partition coefficient (Wildman–Crippen LogP) is 6.26. The molecule has 2 amide bonds. The van der Waals surface area contributed by atoms with Crippen LogP contribution in [-0.2, 0) is 6.54 Å². The second-order valence-electron chi connectivity index (χ2n) is 8.70. The zero-order valence-electron chi connectivity index (χ0n) is 20.3. The summed E-state index contributed by atoms with van der Waals surface area (Å²) in [5.74, 6) is 0.560. The van der Waals surface area contributed by atoms with Gasteiger partial charge in [0.05, 0.1) is 11.1 Å². The van der Waals surface area contributed by atoms with Crippen molar-refractivity contribution < 1.29 is 13.9 Å². The molecule has 0 bridgehead atoms. The van der Waals surface area contributed by atoms with Gasteiger partial charge in [-0.1, -0.05) is 36.4 Å². The first-order valence-corrected chi connectivity index (χ1v) is 11.6. The minimum atomic E-state index is -0.481. The number of aromatic nitrogens is 3. The summed E-state index contributed by atoms with van der Waals surface area (Å²) in [6, 6.07) is 22.2. The van der Waals surface area contributed by atoms with Crippen LogP contribution in [0.3, 0.4) is 0 Å². The summed E-state index contributed by atoms with van der Waals surface area (Å²) in [5.41, 5.74) is 4.66. The summed E-state index contributed by atoms with van der Waals surface area (Å²) >= 11 is 0. The lowest BCUT2D eigenvalue weighted by Crippen LogP contribution is -2.19. The Bertz CT molecular complexity index is 1530. The van der Waals surface area contributed by atoms with E-state index in [1.807, 2.05) is 44.4 Å². The van der Waals surface area contributed by atoms with Crippen molar-refractivity contribution in [2.24, 2.45) is 0 Å². The summed E-state index contributed by atoms with van der Waals surface area (Å²) in [6.45, 7) is 0.664. The van der Waals surface area contributed by atoms with E-state index in [4.69, 9.17) is 4.74 Å². The van der Waals surface area contributed by atoms with Crippen molar-refractivity contribution >= 4 is 28.4 Å². The molecule has 0 aliphatic carbocycles. The highest BCUT2D eigenvalue weighted by Gasteiger charge is 2.20. The number of anilines is 2. The number of fused-ring (bicyclic) bond motifs is 1. The van der Waals surface area contributed by atoms with Crippen LogP contribution in [0.25, 0.3) is 22.3 Å². The van der Waals surface area contributed by atoms with Gasteiger partial charge in [-0.05, 0) is 62.1 Å². The van der Waals surface area contributed by atoms with Crippen molar-refractivity contribution in [2.75, 3.05) is 24.7 Å². The molecule has 0 saturated heterocycles. The summed E-state index contributed by atoms with van der Waals surface area (Å²) in [6.07, 6.45) is 1.47. The first kappa shape index (κ1) is 24.0. The van der Waals surface area contributed by atoms with Crippen LogP contribution in [0, 0.1) is 5.82 Å². The highest BCUT2D eigenvalue weighted by atomic mass is 19.1. The van der Waals surface area contributed by atoms with Crippen molar-refractivity contribution in [2.45, 2.75) is 6.54 Å². The maximum Gasteiger partial charge on any atom is 0.323 e. The molecule has 186 valence electrons. The third-order valence-corrected chi connectivity index (χ3v) is 5.61. The zero-order chi connectivity index (χ0) is 25.8. The van der Waals surface area contributed by atoms with Gasteiger partial charge in [-0.15, -0.1) is 0 Å². The van der Waals surface area contributed by atoms with Crippen molar-refractivity contribution in [3.8, 4) is 22.9 Å². The second-order valence-corrected chi connectivity index (χ2v) is 8.70. The van der Waals surface area contributed by atoms with E-state index in [-0.39, 0.29) is 0 Å². The van der Waals surface area contributed by atoms with Crippen LogP contribution in [0.2, 0.25) is 0 Å². The van der Waals surface area contributed by atoms with E-state index in [1.54, 1.807) is 30.3 Å². The largest absolute Gasteiger partial charge is 0.438 e. The number of ether oxygens (including phenoxy) is 1. The molecule has 8 nitrogen and oxygen atoms in total. The molecule has 0 saturated carbocycles. The van der Waals surface area contributed by atoms with Gasteiger partial charge in [-0.2, -0.15) is 0 Å². The molecule has 3 aromatic carbocycles. The fourth-order valence-corrected chi connectivity index (χ4v) is 4.04. The predicted molar refractivity (Wildman–Crippen MR) is 142 cm³/mol. The molecule has 5 rings (SSSR count). The highest BCUT2D eigenvalue weighted by molar-refractivity contribution is 5.99. The van der Waals surface area contributed by atoms with E-state index in [9.17, 15) is 9.18 Å². The summed E-state index contributed by atoms with van der Waals surface area (Å²) < 4.78 is 19.5. The van der Waals surface area contributed by atoms with Gasteiger partial charge in [0, 0.05) is 23.5 Å². The Morgan fingerprint density at radius 3 is 2.43 bits per heavy atom. The van der Waals surface area contributed by atoms with Crippen molar-refractivity contribution in [1.82, 2.24) is 19.9 Å². The minimum absolute atomic E-state index is 0.361. The van der Waals surface area contributed by atoms with Gasteiger partial charge in [-0.25, -0.2) is 19.2 Å². The van der Waals surface area contributed by atoms with Crippen LogP contribution in [0.4, 0.5) is 20.6 Å². The molecule has 0 aliphatic heterocycles.